The van der Waals surface area contributed by atoms with E-state index in [1.54, 1.807) is 18.0 Å². The van der Waals surface area contributed by atoms with E-state index in [4.69, 9.17) is 0 Å². The summed E-state index contributed by atoms with van der Waals surface area (Å²) in [6, 6.07) is 4.31. The molecule has 1 aliphatic heterocycles. The van der Waals surface area contributed by atoms with Crippen LogP contribution in [0.2, 0.25) is 0 Å². The van der Waals surface area contributed by atoms with E-state index in [9.17, 15) is 14.0 Å². The van der Waals surface area contributed by atoms with Crippen LogP contribution in [-0.4, -0.2) is 36.5 Å². The molecule has 0 aromatic heterocycles. The number of hydrogen-bond donors (Lipinski definition) is 2. The van der Waals surface area contributed by atoms with Gasteiger partial charge in [-0.2, -0.15) is 0 Å². The summed E-state index contributed by atoms with van der Waals surface area (Å²) in [5.41, 5.74) is 1.96. The molecule has 3 amide bonds. The largest absolute Gasteiger partial charge is 0.344 e. The van der Waals surface area contributed by atoms with Crippen LogP contribution in [0.5, 0.6) is 0 Å². The molecule has 22 heavy (non-hydrogen) atoms. The van der Waals surface area contributed by atoms with E-state index in [0.717, 1.165) is 24.0 Å². The summed E-state index contributed by atoms with van der Waals surface area (Å²) in [5.74, 6) is -0.168. The van der Waals surface area contributed by atoms with E-state index in [1.807, 2.05) is 0 Å². The predicted molar refractivity (Wildman–Crippen MR) is 79.8 cm³/mol. The molecular weight excluding hydrogens is 285 g/mol. The molecule has 3 rings (SSSR count). The van der Waals surface area contributed by atoms with E-state index >= 15 is 0 Å². The van der Waals surface area contributed by atoms with Crippen molar-refractivity contribution < 1.29 is 14.0 Å². The van der Waals surface area contributed by atoms with Crippen LogP contribution < -0.4 is 10.6 Å². The Hall–Kier alpha value is -2.11. The smallest absolute Gasteiger partial charge is 0.315 e. The quantitative estimate of drug-likeness (QED) is 0.874. The van der Waals surface area contributed by atoms with Gasteiger partial charge in [0.05, 0.1) is 6.04 Å². The average molecular weight is 305 g/mol. The van der Waals surface area contributed by atoms with Gasteiger partial charge in [0.2, 0.25) is 5.91 Å². The highest BCUT2D eigenvalue weighted by Gasteiger charge is 2.27. The molecule has 1 saturated heterocycles. The number of likely N-dealkylation sites (tertiary alicyclic amines) is 1. The van der Waals surface area contributed by atoms with E-state index in [0.29, 0.717) is 19.4 Å². The van der Waals surface area contributed by atoms with Gasteiger partial charge in [-0.05, 0) is 42.5 Å². The minimum atomic E-state index is -0.278. The number of piperidine rings is 1. The van der Waals surface area contributed by atoms with Crippen molar-refractivity contribution in [2.75, 3.05) is 13.6 Å². The van der Waals surface area contributed by atoms with Gasteiger partial charge in [-0.25, -0.2) is 9.18 Å². The third kappa shape index (κ3) is 3.05. The predicted octanol–water partition coefficient (Wildman–Crippen LogP) is 1.73. The molecule has 1 heterocycles. The van der Waals surface area contributed by atoms with E-state index < -0.39 is 0 Å². The molecule has 6 heteroatoms. The minimum Gasteiger partial charge on any atom is -0.344 e. The average Bonchev–Trinajstić information content (AvgIpc) is 2.85. The number of fused-ring (bicyclic) bond motifs is 1. The number of amides is 3. The summed E-state index contributed by atoms with van der Waals surface area (Å²) in [6.45, 7) is 0.530. The number of carbonyl (C=O) groups is 2. The Bertz CT molecular complexity index is 605. The number of benzene rings is 1. The van der Waals surface area contributed by atoms with Gasteiger partial charge in [0.15, 0.2) is 0 Å². The summed E-state index contributed by atoms with van der Waals surface area (Å²) >= 11 is 0. The molecule has 0 bridgehead atoms. The Morgan fingerprint density at radius 1 is 1.27 bits per heavy atom. The van der Waals surface area contributed by atoms with Gasteiger partial charge in [-0.1, -0.05) is 6.07 Å². The molecular formula is C16H20FN3O2. The lowest BCUT2D eigenvalue weighted by atomic mass is 10.1. The van der Waals surface area contributed by atoms with Gasteiger partial charge in [0.25, 0.3) is 0 Å². The molecule has 2 N–H and O–H groups in total. The van der Waals surface area contributed by atoms with Crippen molar-refractivity contribution in [2.24, 2.45) is 0 Å². The zero-order valence-corrected chi connectivity index (χ0v) is 12.6. The highest BCUT2D eigenvalue weighted by Crippen LogP contribution is 2.31. The zero-order valence-electron chi connectivity index (χ0n) is 12.6. The van der Waals surface area contributed by atoms with Gasteiger partial charge in [-0.15, -0.1) is 0 Å². The number of urea groups is 1. The molecule has 0 spiro atoms. The third-order valence-electron chi connectivity index (χ3n) is 4.45. The minimum absolute atomic E-state index is 0.0314. The van der Waals surface area contributed by atoms with E-state index in [-0.39, 0.29) is 29.8 Å². The molecule has 1 aromatic rings. The summed E-state index contributed by atoms with van der Waals surface area (Å²) in [5, 5.41) is 5.82. The van der Waals surface area contributed by atoms with Crippen molar-refractivity contribution in [2.45, 2.75) is 37.8 Å². The Kier molecular flexibility index (Phi) is 4.00. The Morgan fingerprint density at radius 2 is 2.09 bits per heavy atom. The van der Waals surface area contributed by atoms with E-state index in [1.165, 1.54) is 12.1 Å². The number of nitrogens with one attached hydrogen (secondary N) is 2. The second kappa shape index (κ2) is 5.94. The zero-order chi connectivity index (χ0) is 15.7. The van der Waals surface area contributed by atoms with Crippen molar-refractivity contribution >= 4 is 11.9 Å². The summed E-state index contributed by atoms with van der Waals surface area (Å²) in [4.78, 5) is 25.2. The van der Waals surface area contributed by atoms with Gasteiger partial charge < -0.3 is 15.5 Å². The van der Waals surface area contributed by atoms with Crippen LogP contribution in [0.3, 0.4) is 0 Å². The molecule has 5 nitrogen and oxygen atoms in total. The standard InChI is InChI=1S/C16H20FN3O2/c1-20-9-12(5-7-15(20)21)18-16(22)19-14-6-3-10-2-4-11(17)8-13(10)14/h2,4,8,12,14H,3,5-7,9H2,1H3,(H2,18,19,22)/t12-,14+/m1/s1. The van der Waals surface area contributed by atoms with Crippen LogP contribution in [0.15, 0.2) is 18.2 Å². The first-order chi connectivity index (χ1) is 10.5. The molecule has 2 atom stereocenters. The SMILES string of the molecule is CN1C[C@H](NC(=O)N[C@H]2CCc3ccc(F)cc32)CCC1=O. The van der Waals surface area contributed by atoms with Crippen molar-refractivity contribution in [3.05, 3.63) is 35.1 Å². The first-order valence-electron chi connectivity index (χ1n) is 7.62. The Morgan fingerprint density at radius 3 is 2.86 bits per heavy atom. The van der Waals surface area contributed by atoms with Gasteiger partial charge in [0.1, 0.15) is 5.82 Å². The van der Waals surface area contributed by atoms with Gasteiger partial charge >= 0.3 is 6.03 Å². The first kappa shape index (κ1) is 14.8. The number of nitrogens with zero attached hydrogens (tertiary/aromatic N) is 1. The van der Waals surface area contributed by atoms with E-state index in [2.05, 4.69) is 10.6 Å². The molecule has 2 aliphatic rings. The summed E-state index contributed by atoms with van der Waals surface area (Å²) in [7, 11) is 1.74. The van der Waals surface area contributed by atoms with Crippen LogP contribution in [0, 0.1) is 5.82 Å². The fourth-order valence-corrected chi connectivity index (χ4v) is 3.24. The normalized spacial score (nSPS) is 24.1. The maximum absolute atomic E-state index is 13.4. The van der Waals surface area contributed by atoms with Crippen LogP contribution in [0.1, 0.15) is 36.4 Å². The third-order valence-corrected chi connectivity index (χ3v) is 4.45. The van der Waals surface area contributed by atoms with Gasteiger partial charge in [-0.3, -0.25) is 4.79 Å². The second-order valence-electron chi connectivity index (χ2n) is 6.06. The van der Waals surface area contributed by atoms with Crippen molar-refractivity contribution in [3.8, 4) is 0 Å². The molecule has 118 valence electrons. The maximum Gasteiger partial charge on any atom is 0.315 e. The number of hydrogen-bond acceptors (Lipinski definition) is 2. The summed E-state index contributed by atoms with van der Waals surface area (Å²) in [6.07, 6.45) is 2.75. The lowest BCUT2D eigenvalue weighted by molar-refractivity contribution is -0.132. The first-order valence-corrected chi connectivity index (χ1v) is 7.62. The van der Waals surface area contributed by atoms with Crippen molar-refractivity contribution in [1.29, 1.82) is 0 Å². The molecule has 1 aromatic carbocycles. The monoisotopic (exact) mass is 305 g/mol. The Labute approximate surface area is 128 Å². The van der Waals surface area contributed by atoms with Gasteiger partial charge in [0, 0.05) is 26.1 Å². The topological polar surface area (TPSA) is 61.4 Å². The molecule has 0 unspecified atom stereocenters. The highest BCUT2D eigenvalue weighted by molar-refractivity contribution is 5.78. The van der Waals surface area contributed by atoms with Crippen LogP contribution in [0.25, 0.3) is 0 Å². The maximum atomic E-state index is 13.4. The highest BCUT2D eigenvalue weighted by atomic mass is 19.1. The van der Waals surface area contributed by atoms with Crippen molar-refractivity contribution in [1.82, 2.24) is 15.5 Å². The number of carbonyl (C=O) groups excluding carboxylic acids is 2. The molecule has 1 aliphatic carbocycles. The molecule has 0 saturated carbocycles. The molecule has 1 fully saturated rings. The number of likely N-dealkylation sites (N-methyl/N-ethyl adjacent to an activating group) is 1. The van der Waals surface area contributed by atoms with Crippen LogP contribution >= 0.6 is 0 Å². The Balaban J connectivity index is 1.57. The van der Waals surface area contributed by atoms with Crippen LogP contribution in [-0.2, 0) is 11.2 Å². The van der Waals surface area contributed by atoms with Crippen LogP contribution in [0.4, 0.5) is 9.18 Å². The number of aryl methyl sites for hydroxylation is 1. The molecule has 0 radical (unpaired) electrons. The lowest BCUT2D eigenvalue weighted by Crippen LogP contribution is -2.51. The number of rotatable bonds is 2. The number of halogens is 1. The lowest BCUT2D eigenvalue weighted by Gasteiger charge is -2.30. The fraction of sp³-hybridized carbons (Fsp3) is 0.500. The van der Waals surface area contributed by atoms with Crippen molar-refractivity contribution in [3.63, 3.8) is 0 Å². The fourth-order valence-electron chi connectivity index (χ4n) is 3.24. The second-order valence-corrected chi connectivity index (χ2v) is 6.06. The summed E-state index contributed by atoms with van der Waals surface area (Å²) < 4.78 is 13.4.